The van der Waals surface area contributed by atoms with Gasteiger partial charge in [0.2, 0.25) is 0 Å². The molecule has 1 fully saturated rings. The molecule has 78 valence electrons. The molecule has 1 saturated carbocycles. The highest BCUT2D eigenvalue weighted by Gasteiger charge is 2.36. The molecule has 1 aliphatic rings. The quantitative estimate of drug-likeness (QED) is 0.713. The minimum absolute atomic E-state index is 0.382. The minimum Gasteiger partial charge on any atom is -0.390 e. The van der Waals surface area contributed by atoms with Crippen molar-refractivity contribution in [3.05, 3.63) is 0 Å². The third-order valence-electron chi connectivity index (χ3n) is 3.68. The Morgan fingerprint density at radius 2 is 2.15 bits per heavy atom. The zero-order valence-corrected chi connectivity index (χ0v) is 9.34. The lowest BCUT2D eigenvalue weighted by molar-refractivity contribution is -0.0544. The molecule has 0 aromatic rings. The van der Waals surface area contributed by atoms with E-state index in [1.54, 1.807) is 0 Å². The van der Waals surface area contributed by atoms with Gasteiger partial charge in [0, 0.05) is 0 Å². The van der Waals surface area contributed by atoms with Crippen molar-refractivity contribution in [2.24, 2.45) is 11.8 Å². The molecule has 1 rings (SSSR count). The number of rotatable bonds is 3. The van der Waals surface area contributed by atoms with Gasteiger partial charge in [-0.1, -0.05) is 39.5 Å². The summed E-state index contributed by atoms with van der Waals surface area (Å²) < 4.78 is 0. The molecule has 0 aromatic heterocycles. The van der Waals surface area contributed by atoms with Crippen LogP contribution in [0.1, 0.15) is 59.3 Å². The summed E-state index contributed by atoms with van der Waals surface area (Å²) in [5, 5.41) is 10.2. The normalized spacial score (nSPS) is 37.4. The molecule has 0 radical (unpaired) electrons. The molecule has 1 nitrogen and oxygen atoms in total. The molecule has 0 spiro atoms. The lowest BCUT2D eigenvalue weighted by Gasteiger charge is -2.40. The van der Waals surface area contributed by atoms with E-state index in [2.05, 4.69) is 13.8 Å². The van der Waals surface area contributed by atoms with Gasteiger partial charge in [0.25, 0.3) is 0 Å². The fraction of sp³-hybridized carbons (Fsp3) is 1.00. The first-order valence-electron chi connectivity index (χ1n) is 5.80. The first kappa shape index (κ1) is 11.0. The summed E-state index contributed by atoms with van der Waals surface area (Å²) >= 11 is 0. The molecule has 0 aliphatic heterocycles. The van der Waals surface area contributed by atoms with Gasteiger partial charge < -0.3 is 5.11 Å². The summed E-state index contributed by atoms with van der Waals surface area (Å²) in [6, 6.07) is 0. The molecule has 13 heavy (non-hydrogen) atoms. The Balaban J connectivity index is 2.54. The molecule has 0 bridgehead atoms. The highest BCUT2D eigenvalue weighted by atomic mass is 16.3. The van der Waals surface area contributed by atoms with Gasteiger partial charge in [0.15, 0.2) is 0 Å². The molecular weight excluding hydrogens is 160 g/mol. The highest BCUT2D eigenvalue weighted by molar-refractivity contribution is 4.88. The lowest BCUT2D eigenvalue weighted by Crippen LogP contribution is -2.40. The molecule has 0 heterocycles. The average Bonchev–Trinajstić information content (AvgIpc) is 2.03. The second-order valence-corrected chi connectivity index (χ2v) is 4.98. The van der Waals surface area contributed by atoms with E-state index in [9.17, 15) is 5.11 Å². The maximum absolute atomic E-state index is 10.2. The van der Waals surface area contributed by atoms with E-state index in [0.717, 1.165) is 6.42 Å². The van der Waals surface area contributed by atoms with Gasteiger partial charge >= 0.3 is 0 Å². The van der Waals surface area contributed by atoms with Gasteiger partial charge in [0.05, 0.1) is 5.60 Å². The maximum atomic E-state index is 10.2. The van der Waals surface area contributed by atoms with Crippen LogP contribution in [-0.2, 0) is 0 Å². The second-order valence-electron chi connectivity index (χ2n) is 4.98. The number of hydrogen-bond acceptors (Lipinski definition) is 1. The Bertz CT molecular complexity index is 151. The van der Waals surface area contributed by atoms with Crippen LogP contribution in [0.25, 0.3) is 0 Å². The zero-order chi connectivity index (χ0) is 9.90. The monoisotopic (exact) mass is 184 g/mol. The third-order valence-corrected chi connectivity index (χ3v) is 3.68. The van der Waals surface area contributed by atoms with E-state index in [0.29, 0.717) is 11.8 Å². The zero-order valence-electron chi connectivity index (χ0n) is 9.34. The van der Waals surface area contributed by atoms with Gasteiger partial charge in [-0.3, -0.25) is 0 Å². The molecule has 1 aliphatic carbocycles. The summed E-state index contributed by atoms with van der Waals surface area (Å²) in [7, 11) is 0. The molecule has 1 heteroatoms. The van der Waals surface area contributed by atoms with Crippen LogP contribution in [0.5, 0.6) is 0 Å². The summed E-state index contributed by atoms with van der Waals surface area (Å²) in [6.45, 7) is 6.56. The van der Waals surface area contributed by atoms with Crippen molar-refractivity contribution < 1.29 is 5.11 Å². The highest BCUT2D eigenvalue weighted by Crippen LogP contribution is 2.39. The molecule has 0 aromatic carbocycles. The van der Waals surface area contributed by atoms with Crippen LogP contribution in [0.2, 0.25) is 0 Å². The lowest BCUT2D eigenvalue weighted by atomic mass is 9.70. The van der Waals surface area contributed by atoms with Gasteiger partial charge in [0.1, 0.15) is 0 Å². The Kier molecular flexibility index (Phi) is 3.78. The Labute approximate surface area is 82.5 Å². The molecular formula is C12H24O. The van der Waals surface area contributed by atoms with E-state index >= 15 is 0 Å². The molecule has 1 N–H and O–H groups in total. The maximum Gasteiger partial charge on any atom is 0.0650 e. The van der Waals surface area contributed by atoms with Crippen LogP contribution in [0.3, 0.4) is 0 Å². The van der Waals surface area contributed by atoms with Gasteiger partial charge in [-0.25, -0.2) is 0 Å². The summed E-state index contributed by atoms with van der Waals surface area (Å²) in [5.74, 6) is 1.24. The van der Waals surface area contributed by atoms with Gasteiger partial charge in [-0.2, -0.15) is 0 Å². The van der Waals surface area contributed by atoms with Crippen LogP contribution in [0.15, 0.2) is 0 Å². The standard InChI is InChI=1S/C12H24O/c1-4-7-10(2)11-8-5-6-9-12(11,3)13/h10-11,13H,4-9H2,1-3H3/t10?,11-,12+/m1/s1. The van der Waals surface area contributed by atoms with Crippen LogP contribution < -0.4 is 0 Å². The summed E-state index contributed by atoms with van der Waals surface area (Å²) in [4.78, 5) is 0. The van der Waals surface area contributed by atoms with Crippen molar-refractivity contribution in [2.45, 2.75) is 64.9 Å². The van der Waals surface area contributed by atoms with Crippen molar-refractivity contribution in [3.8, 4) is 0 Å². The Hall–Kier alpha value is -0.0400. The molecule has 1 unspecified atom stereocenters. The third kappa shape index (κ3) is 2.70. The van der Waals surface area contributed by atoms with E-state index in [-0.39, 0.29) is 5.60 Å². The molecule has 0 amide bonds. The minimum atomic E-state index is -0.382. The predicted molar refractivity (Wildman–Crippen MR) is 56.7 cm³/mol. The van der Waals surface area contributed by atoms with Crippen molar-refractivity contribution >= 4 is 0 Å². The molecule has 3 atom stereocenters. The van der Waals surface area contributed by atoms with E-state index in [1.807, 2.05) is 6.92 Å². The second kappa shape index (κ2) is 4.45. The van der Waals surface area contributed by atoms with E-state index in [1.165, 1.54) is 32.1 Å². The van der Waals surface area contributed by atoms with Crippen molar-refractivity contribution in [1.29, 1.82) is 0 Å². The first-order valence-corrected chi connectivity index (χ1v) is 5.80. The number of aliphatic hydroxyl groups is 1. The first-order chi connectivity index (χ1) is 6.08. The predicted octanol–water partition coefficient (Wildman–Crippen LogP) is 3.36. The van der Waals surface area contributed by atoms with Crippen molar-refractivity contribution in [2.75, 3.05) is 0 Å². The van der Waals surface area contributed by atoms with E-state index < -0.39 is 0 Å². The smallest absolute Gasteiger partial charge is 0.0650 e. The fourth-order valence-electron chi connectivity index (χ4n) is 2.90. The van der Waals surface area contributed by atoms with Crippen LogP contribution in [0, 0.1) is 11.8 Å². The SMILES string of the molecule is CCCC(C)[C@H]1CCCC[C@]1(C)O. The molecule has 0 saturated heterocycles. The Morgan fingerprint density at radius 3 is 2.69 bits per heavy atom. The van der Waals surface area contributed by atoms with Gasteiger partial charge in [-0.15, -0.1) is 0 Å². The van der Waals surface area contributed by atoms with Crippen LogP contribution >= 0.6 is 0 Å². The van der Waals surface area contributed by atoms with Gasteiger partial charge in [-0.05, 0) is 31.6 Å². The van der Waals surface area contributed by atoms with Crippen molar-refractivity contribution in [1.82, 2.24) is 0 Å². The summed E-state index contributed by atoms with van der Waals surface area (Å²) in [5.41, 5.74) is -0.382. The van der Waals surface area contributed by atoms with E-state index in [4.69, 9.17) is 0 Å². The van der Waals surface area contributed by atoms with Crippen LogP contribution in [0.4, 0.5) is 0 Å². The fourth-order valence-corrected chi connectivity index (χ4v) is 2.90. The topological polar surface area (TPSA) is 20.2 Å². The Morgan fingerprint density at radius 1 is 1.46 bits per heavy atom. The largest absolute Gasteiger partial charge is 0.390 e. The van der Waals surface area contributed by atoms with Crippen molar-refractivity contribution in [3.63, 3.8) is 0 Å². The van der Waals surface area contributed by atoms with Crippen LogP contribution in [-0.4, -0.2) is 10.7 Å². The number of hydrogen-bond donors (Lipinski definition) is 1. The average molecular weight is 184 g/mol. The summed E-state index contributed by atoms with van der Waals surface area (Å²) in [6.07, 6.45) is 7.27.